The summed E-state index contributed by atoms with van der Waals surface area (Å²) in [6.45, 7) is 3.99. The van der Waals surface area contributed by atoms with Crippen molar-refractivity contribution in [2.24, 2.45) is 5.92 Å². The largest absolute Gasteiger partial charge is 0.549 e. The number of carbonyl (C=O) groups is 1. The lowest BCUT2D eigenvalue weighted by Crippen LogP contribution is -2.33. The van der Waals surface area contributed by atoms with Gasteiger partial charge in [-0.05, 0) is 19.9 Å². The van der Waals surface area contributed by atoms with Crippen LogP contribution in [0.3, 0.4) is 0 Å². The van der Waals surface area contributed by atoms with Crippen molar-refractivity contribution in [3.05, 3.63) is 53.6 Å². The molecule has 1 aromatic carbocycles. The highest BCUT2D eigenvalue weighted by atomic mass is 16.5. The van der Waals surface area contributed by atoms with Crippen molar-refractivity contribution in [1.82, 2.24) is 0 Å². The molecular formula is C16H17O3-. The van der Waals surface area contributed by atoms with Crippen LogP contribution < -0.4 is 9.84 Å². The zero-order chi connectivity index (χ0) is 14.0. The Hall–Kier alpha value is -2.03. The van der Waals surface area contributed by atoms with Gasteiger partial charge in [-0.15, -0.1) is 0 Å². The molecule has 3 nitrogen and oxygen atoms in total. The molecule has 2 unspecified atom stereocenters. The minimum Gasteiger partial charge on any atom is -0.549 e. The molecule has 19 heavy (non-hydrogen) atoms. The van der Waals surface area contributed by atoms with E-state index in [2.05, 4.69) is 6.92 Å². The first-order valence-electron chi connectivity index (χ1n) is 6.21. The number of hydrogen-bond acceptors (Lipinski definition) is 3. The molecule has 0 spiro atoms. The lowest BCUT2D eigenvalue weighted by atomic mass is 9.72. The number of carboxylic acid groups (broad SMARTS) is 1. The molecule has 0 saturated carbocycles. The highest BCUT2D eigenvalue weighted by Gasteiger charge is 2.31. The van der Waals surface area contributed by atoms with E-state index in [4.69, 9.17) is 4.74 Å². The summed E-state index contributed by atoms with van der Waals surface area (Å²) in [6.07, 6.45) is 5.33. The molecule has 0 fully saturated rings. The van der Waals surface area contributed by atoms with Crippen LogP contribution in [0.4, 0.5) is 0 Å². The third-order valence-corrected chi connectivity index (χ3v) is 3.82. The maximum atomic E-state index is 10.9. The Bertz CT molecular complexity index is 557. The number of carbonyl (C=O) groups excluding carboxylic acids is 1. The van der Waals surface area contributed by atoms with Crippen molar-refractivity contribution in [3.63, 3.8) is 0 Å². The fourth-order valence-electron chi connectivity index (χ4n) is 2.45. The van der Waals surface area contributed by atoms with Gasteiger partial charge in [0.25, 0.3) is 0 Å². The number of carboxylic acids is 1. The molecule has 0 N–H and O–H groups in total. The van der Waals surface area contributed by atoms with E-state index in [9.17, 15) is 9.90 Å². The maximum Gasteiger partial charge on any atom is 0.123 e. The molecule has 100 valence electrons. The predicted molar refractivity (Wildman–Crippen MR) is 71.7 cm³/mol. The van der Waals surface area contributed by atoms with Gasteiger partial charge in [0.15, 0.2) is 0 Å². The lowest BCUT2D eigenvalue weighted by Gasteiger charge is -2.34. The van der Waals surface area contributed by atoms with Gasteiger partial charge >= 0.3 is 0 Å². The highest BCUT2D eigenvalue weighted by Crippen LogP contribution is 2.41. The molecule has 2 rings (SSSR count). The van der Waals surface area contributed by atoms with Gasteiger partial charge in [-0.25, -0.2) is 0 Å². The number of allylic oxidation sites excluding steroid dienone is 2. The second-order valence-electron chi connectivity index (χ2n) is 4.96. The molecule has 1 aliphatic rings. The molecule has 0 radical (unpaired) electrons. The first-order chi connectivity index (χ1) is 8.99. The molecule has 3 heteroatoms. The van der Waals surface area contributed by atoms with E-state index in [1.165, 1.54) is 0 Å². The fourth-order valence-corrected chi connectivity index (χ4v) is 2.45. The predicted octanol–water partition coefficient (Wildman–Crippen LogP) is 1.84. The monoisotopic (exact) mass is 257 g/mol. The van der Waals surface area contributed by atoms with E-state index in [1.807, 2.05) is 37.3 Å². The molecule has 0 saturated heterocycles. The van der Waals surface area contributed by atoms with Crippen molar-refractivity contribution in [3.8, 4) is 5.75 Å². The number of methoxy groups -OCH3 is 1. The normalized spacial score (nSPS) is 25.8. The Balaban J connectivity index is 2.47. The van der Waals surface area contributed by atoms with Crippen molar-refractivity contribution in [2.45, 2.75) is 19.3 Å². The minimum atomic E-state index is -1.07. The van der Waals surface area contributed by atoms with Gasteiger partial charge in [0, 0.05) is 16.9 Å². The first-order valence-corrected chi connectivity index (χ1v) is 6.21. The van der Waals surface area contributed by atoms with Gasteiger partial charge in [0.05, 0.1) is 13.1 Å². The molecular weight excluding hydrogens is 240 g/mol. The van der Waals surface area contributed by atoms with Crippen molar-refractivity contribution < 1.29 is 14.6 Å². The minimum absolute atomic E-state index is 0.349. The van der Waals surface area contributed by atoms with Crippen LogP contribution in [0.1, 0.15) is 19.4 Å². The quantitative estimate of drug-likeness (QED) is 0.776. The van der Waals surface area contributed by atoms with Crippen LogP contribution in [0.25, 0.3) is 0 Å². The summed E-state index contributed by atoms with van der Waals surface area (Å²) in [7, 11) is 1.64. The topological polar surface area (TPSA) is 49.4 Å². The summed E-state index contributed by atoms with van der Waals surface area (Å²) in [5.74, 6) is -0.922. The summed E-state index contributed by atoms with van der Waals surface area (Å²) in [5.41, 5.74) is 1.66. The first kappa shape index (κ1) is 13.4. The van der Waals surface area contributed by atoms with Gasteiger partial charge in [-0.2, -0.15) is 0 Å². The zero-order valence-corrected chi connectivity index (χ0v) is 11.3. The standard InChI is InChI=1S/C16H18O3/c1-11-10-12(15(17)18)8-9-16(11,2)13-6-4-5-7-14(13)19-3/h4-10,12H,1-3H3,(H,17,18)/p-1. The van der Waals surface area contributed by atoms with Crippen molar-refractivity contribution >= 4 is 5.97 Å². The molecule has 2 atom stereocenters. The van der Waals surface area contributed by atoms with E-state index in [0.29, 0.717) is 0 Å². The van der Waals surface area contributed by atoms with E-state index in [-0.39, 0.29) is 5.41 Å². The molecule has 1 aromatic rings. The average molecular weight is 257 g/mol. The highest BCUT2D eigenvalue weighted by molar-refractivity contribution is 5.74. The lowest BCUT2D eigenvalue weighted by molar-refractivity contribution is -0.308. The van der Waals surface area contributed by atoms with Gasteiger partial charge in [0.1, 0.15) is 5.75 Å². The fraction of sp³-hybridized carbons (Fsp3) is 0.312. The summed E-state index contributed by atoms with van der Waals surface area (Å²) in [6, 6.07) is 7.78. The number of aliphatic carboxylic acids is 1. The number of ether oxygens (including phenoxy) is 1. The van der Waals surface area contributed by atoms with Gasteiger partial charge in [0.2, 0.25) is 0 Å². The van der Waals surface area contributed by atoms with Gasteiger partial charge in [-0.3, -0.25) is 0 Å². The zero-order valence-electron chi connectivity index (χ0n) is 11.3. The van der Waals surface area contributed by atoms with Crippen LogP contribution in [0.15, 0.2) is 48.1 Å². The van der Waals surface area contributed by atoms with Crippen LogP contribution in [-0.2, 0) is 10.2 Å². The number of hydrogen-bond donors (Lipinski definition) is 0. The van der Waals surface area contributed by atoms with Gasteiger partial charge in [-0.1, -0.05) is 42.0 Å². The maximum absolute atomic E-state index is 10.9. The molecule has 0 heterocycles. The third-order valence-electron chi connectivity index (χ3n) is 3.82. The Morgan fingerprint density at radius 3 is 2.63 bits per heavy atom. The second-order valence-corrected chi connectivity index (χ2v) is 4.96. The molecule has 0 bridgehead atoms. The summed E-state index contributed by atoms with van der Waals surface area (Å²) in [4.78, 5) is 10.9. The Labute approximate surface area is 113 Å². The summed E-state index contributed by atoms with van der Waals surface area (Å²) < 4.78 is 5.40. The molecule has 1 aliphatic carbocycles. The Kier molecular flexibility index (Phi) is 3.47. The average Bonchev–Trinajstić information content (AvgIpc) is 2.41. The molecule has 0 aromatic heterocycles. The number of para-hydroxylation sites is 1. The van der Waals surface area contributed by atoms with Crippen LogP contribution in [0.2, 0.25) is 0 Å². The summed E-state index contributed by atoms with van der Waals surface area (Å²) >= 11 is 0. The Morgan fingerprint density at radius 1 is 1.37 bits per heavy atom. The SMILES string of the molecule is COc1ccccc1C1(C)C=CC(C(=O)[O-])C=C1C. The molecule has 0 aliphatic heterocycles. The van der Waals surface area contributed by atoms with Crippen LogP contribution in [-0.4, -0.2) is 13.1 Å². The van der Waals surface area contributed by atoms with E-state index < -0.39 is 11.9 Å². The number of rotatable bonds is 3. The number of benzene rings is 1. The van der Waals surface area contributed by atoms with Crippen molar-refractivity contribution in [1.29, 1.82) is 0 Å². The third kappa shape index (κ3) is 2.28. The Morgan fingerprint density at radius 2 is 2.05 bits per heavy atom. The van der Waals surface area contributed by atoms with Crippen molar-refractivity contribution in [2.75, 3.05) is 7.11 Å². The second kappa shape index (κ2) is 4.92. The van der Waals surface area contributed by atoms with Gasteiger partial charge < -0.3 is 14.6 Å². The van der Waals surface area contributed by atoms with Crippen LogP contribution >= 0.6 is 0 Å². The van der Waals surface area contributed by atoms with E-state index in [0.717, 1.165) is 16.9 Å². The molecule has 0 amide bonds. The smallest absolute Gasteiger partial charge is 0.123 e. The van der Waals surface area contributed by atoms with Crippen LogP contribution in [0.5, 0.6) is 5.75 Å². The van der Waals surface area contributed by atoms with E-state index in [1.54, 1.807) is 19.3 Å². The van der Waals surface area contributed by atoms with E-state index >= 15 is 0 Å². The van der Waals surface area contributed by atoms with Crippen LogP contribution in [0, 0.1) is 5.92 Å². The summed E-state index contributed by atoms with van der Waals surface area (Å²) in [5, 5.41) is 10.9.